The van der Waals surface area contributed by atoms with Crippen molar-refractivity contribution in [3.63, 3.8) is 0 Å². The van der Waals surface area contributed by atoms with Crippen molar-refractivity contribution in [3.8, 4) is 11.5 Å². The topological polar surface area (TPSA) is 44.8 Å². The number of rotatable bonds is 9. The molecule has 0 bridgehead atoms. The number of carbonyl (C=O) groups is 1. The van der Waals surface area contributed by atoms with Gasteiger partial charge in [-0.15, -0.1) is 0 Å². The number of aryl methyl sites for hydroxylation is 1. The molecule has 118 valence electrons. The van der Waals surface area contributed by atoms with Crippen LogP contribution in [0.4, 0.5) is 0 Å². The van der Waals surface area contributed by atoms with Crippen LogP contribution in [0.15, 0.2) is 12.1 Å². The minimum atomic E-state index is -0.248. The summed E-state index contributed by atoms with van der Waals surface area (Å²) in [6.07, 6.45) is 2.64. The summed E-state index contributed by atoms with van der Waals surface area (Å²) in [5.74, 6) is 1.08. The zero-order valence-electron chi connectivity index (χ0n) is 12.9. The molecule has 0 heterocycles. The highest BCUT2D eigenvalue weighted by Gasteiger charge is 2.13. The van der Waals surface area contributed by atoms with Gasteiger partial charge in [-0.3, -0.25) is 4.79 Å². The van der Waals surface area contributed by atoms with Gasteiger partial charge in [0.05, 0.1) is 25.3 Å². The lowest BCUT2D eigenvalue weighted by atomic mass is 10.1. The molecular formula is C16H23ClO4. The summed E-state index contributed by atoms with van der Waals surface area (Å²) in [4.78, 5) is 11.3. The zero-order valence-corrected chi connectivity index (χ0v) is 13.7. The Bertz CT molecular complexity index is 460. The van der Waals surface area contributed by atoms with E-state index in [1.165, 1.54) is 7.11 Å². The summed E-state index contributed by atoms with van der Waals surface area (Å²) < 4.78 is 16.0. The molecule has 0 N–H and O–H groups in total. The van der Waals surface area contributed by atoms with Crippen LogP contribution < -0.4 is 9.47 Å². The second kappa shape index (κ2) is 9.50. The molecule has 21 heavy (non-hydrogen) atoms. The van der Waals surface area contributed by atoms with Crippen molar-refractivity contribution in [3.05, 3.63) is 22.7 Å². The van der Waals surface area contributed by atoms with E-state index in [2.05, 4.69) is 4.74 Å². The molecule has 1 aromatic carbocycles. The molecule has 0 spiro atoms. The molecule has 5 heteroatoms. The normalized spacial score (nSPS) is 10.3. The Hall–Kier alpha value is -1.42. The van der Waals surface area contributed by atoms with Crippen LogP contribution in [-0.4, -0.2) is 26.3 Å². The fraction of sp³-hybridized carbons (Fsp3) is 0.562. The van der Waals surface area contributed by atoms with Gasteiger partial charge in [0.2, 0.25) is 0 Å². The predicted molar refractivity (Wildman–Crippen MR) is 83.4 cm³/mol. The molecule has 0 aromatic heterocycles. The predicted octanol–water partition coefficient (Wildman–Crippen LogP) is 4.02. The van der Waals surface area contributed by atoms with Gasteiger partial charge in [0.15, 0.2) is 0 Å². The van der Waals surface area contributed by atoms with Gasteiger partial charge in [-0.1, -0.05) is 25.4 Å². The summed E-state index contributed by atoms with van der Waals surface area (Å²) in [5, 5.41) is 0.524. The summed E-state index contributed by atoms with van der Waals surface area (Å²) in [6, 6.07) is 3.61. The molecule has 0 atom stereocenters. The number of halogens is 1. The van der Waals surface area contributed by atoms with E-state index < -0.39 is 0 Å². The van der Waals surface area contributed by atoms with Crippen LogP contribution >= 0.6 is 11.6 Å². The second-order valence-corrected chi connectivity index (χ2v) is 5.07. The molecule has 4 nitrogen and oxygen atoms in total. The van der Waals surface area contributed by atoms with Crippen LogP contribution in [0.2, 0.25) is 5.02 Å². The molecule has 0 fully saturated rings. The smallest absolute Gasteiger partial charge is 0.305 e. The first-order chi connectivity index (χ1) is 10.1. The van der Waals surface area contributed by atoms with Crippen molar-refractivity contribution in [2.24, 2.45) is 0 Å². The highest BCUT2D eigenvalue weighted by atomic mass is 35.5. The highest BCUT2D eigenvalue weighted by Crippen LogP contribution is 2.33. The van der Waals surface area contributed by atoms with Crippen LogP contribution in [0, 0.1) is 0 Å². The molecule has 0 saturated heterocycles. The Kier molecular flexibility index (Phi) is 7.98. The monoisotopic (exact) mass is 314 g/mol. The quantitative estimate of drug-likeness (QED) is 0.646. The van der Waals surface area contributed by atoms with Gasteiger partial charge in [0.1, 0.15) is 11.5 Å². The number of hydrogen-bond donors (Lipinski definition) is 0. The molecule has 0 unspecified atom stereocenters. The number of methoxy groups -OCH3 is 1. The average Bonchev–Trinajstić information content (AvgIpc) is 2.50. The van der Waals surface area contributed by atoms with Gasteiger partial charge in [-0.25, -0.2) is 0 Å². The number of hydrogen-bond acceptors (Lipinski definition) is 4. The van der Waals surface area contributed by atoms with Crippen LogP contribution in [0.25, 0.3) is 0 Å². The molecule has 0 aliphatic heterocycles. The van der Waals surface area contributed by atoms with E-state index in [1.54, 1.807) is 6.07 Å². The lowest BCUT2D eigenvalue weighted by Crippen LogP contribution is -2.05. The average molecular weight is 315 g/mol. The van der Waals surface area contributed by atoms with E-state index in [9.17, 15) is 4.79 Å². The Morgan fingerprint density at radius 1 is 1.10 bits per heavy atom. The van der Waals surface area contributed by atoms with E-state index in [4.69, 9.17) is 21.1 Å². The van der Waals surface area contributed by atoms with E-state index in [0.29, 0.717) is 42.6 Å². The standard InChI is InChI=1S/C16H23ClO4/c1-4-8-20-14-11-13(17)15(21-9-5-2)10-12(14)6-7-16(18)19-3/h10-11H,4-9H2,1-3H3. The number of carbonyl (C=O) groups excluding carboxylic acids is 1. The summed E-state index contributed by atoms with van der Waals surface area (Å²) >= 11 is 6.21. The van der Waals surface area contributed by atoms with Gasteiger partial charge < -0.3 is 14.2 Å². The number of benzene rings is 1. The molecule has 0 saturated carbocycles. The van der Waals surface area contributed by atoms with Gasteiger partial charge in [0.25, 0.3) is 0 Å². The van der Waals surface area contributed by atoms with Crippen molar-refractivity contribution in [1.82, 2.24) is 0 Å². The van der Waals surface area contributed by atoms with Crippen LogP contribution in [0.3, 0.4) is 0 Å². The van der Waals surface area contributed by atoms with Crippen LogP contribution in [0.5, 0.6) is 11.5 Å². The minimum absolute atomic E-state index is 0.248. The fourth-order valence-corrected chi connectivity index (χ4v) is 1.99. The minimum Gasteiger partial charge on any atom is -0.493 e. The molecule has 0 radical (unpaired) electrons. The lowest BCUT2D eigenvalue weighted by Gasteiger charge is -2.14. The Morgan fingerprint density at radius 3 is 2.29 bits per heavy atom. The van der Waals surface area contributed by atoms with Gasteiger partial charge in [-0.05, 0) is 30.9 Å². The largest absolute Gasteiger partial charge is 0.493 e. The first kappa shape index (κ1) is 17.6. The molecule has 1 aromatic rings. The molecular weight excluding hydrogens is 292 g/mol. The number of esters is 1. The highest BCUT2D eigenvalue weighted by molar-refractivity contribution is 6.32. The SMILES string of the molecule is CCCOc1cc(CCC(=O)OC)c(OCCC)cc1Cl. The van der Waals surface area contributed by atoms with Gasteiger partial charge in [0, 0.05) is 12.5 Å². The van der Waals surface area contributed by atoms with Crippen molar-refractivity contribution >= 4 is 17.6 Å². The van der Waals surface area contributed by atoms with E-state index in [1.807, 2.05) is 19.9 Å². The summed E-state index contributed by atoms with van der Waals surface area (Å²) in [5.41, 5.74) is 0.907. The molecule has 0 aliphatic rings. The van der Waals surface area contributed by atoms with Crippen LogP contribution in [-0.2, 0) is 16.0 Å². The summed E-state index contributed by atoms with van der Waals surface area (Å²) in [7, 11) is 1.38. The first-order valence-electron chi connectivity index (χ1n) is 7.27. The maximum absolute atomic E-state index is 11.3. The van der Waals surface area contributed by atoms with Crippen molar-refractivity contribution < 1.29 is 19.0 Å². The molecule has 1 rings (SSSR count). The van der Waals surface area contributed by atoms with Gasteiger partial charge >= 0.3 is 5.97 Å². The fourth-order valence-electron chi connectivity index (χ4n) is 1.78. The molecule has 0 amide bonds. The number of ether oxygens (including phenoxy) is 3. The third-order valence-electron chi connectivity index (χ3n) is 2.86. The first-order valence-corrected chi connectivity index (χ1v) is 7.65. The van der Waals surface area contributed by atoms with Crippen molar-refractivity contribution in [2.45, 2.75) is 39.5 Å². The van der Waals surface area contributed by atoms with Crippen molar-refractivity contribution in [2.75, 3.05) is 20.3 Å². The van der Waals surface area contributed by atoms with Crippen LogP contribution in [0.1, 0.15) is 38.7 Å². The zero-order chi connectivity index (χ0) is 15.7. The molecule has 0 aliphatic carbocycles. The Labute approximate surface area is 131 Å². The van der Waals surface area contributed by atoms with E-state index in [0.717, 1.165) is 18.4 Å². The van der Waals surface area contributed by atoms with Gasteiger partial charge in [-0.2, -0.15) is 0 Å². The third-order valence-corrected chi connectivity index (χ3v) is 3.16. The Balaban J connectivity index is 2.93. The third kappa shape index (κ3) is 5.84. The van der Waals surface area contributed by atoms with Crippen molar-refractivity contribution in [1.29, 1.82) is 0 Å². The Morgan fingerprint density at radius 2 is 1.71 bits per heavy atom. The second-order valence-electron chi connectivity index (χ2n) is 4.66. The van der Waals surface area contributed by atoms with E-state index in [-0.39, 0.29) is 5.97 Å². The van der Waals surface area contributed by atoms with E-state index >= 15 is 0 Å². The maximum atomic E-state index is 11.3. The lowest BCUT2D eigenvalue weighted by molar-refractivity contribution is -0.140. The maximum Gasteiger partial charge on any atom is 0.305 e. The summed E-state index contributed by atoms with van der Waals surface area (Å²) in [6.45, 7) is 5.28.